The van der Waals surface area contributed by atoms with Gasteiger partial charge in [-0.25, -0.2) is 8.42 Å². The van der Waals surface area contributed by atoms with Crippen LogP contribution in [0.3, 0.4) is 0 Å². The molecule has 4 nitrogen and oxygen atoms in total. The first-order chi connectivity index (χ1) is 8.57. The summed E-state index contributed by atoms with van der Waals surface area (Å²) in [4.78, 5) is 1.16. The Bertz CT molecular complexity index is 496. The first kappa shape index (κ1) is 14.0. The van der Waals surface area contributed by atoms with Gasteiger partial charge in [0.1, 0.15) is 0 Å². The summed E-state index contributed by atoms with van der Waals surface area (Å²) in [6.07, 6.45) is 4.12. The third kappa shape index (κ3) is 2.61. The molecule has 6 heteroatoms. The number of thiophene rings is 1. The SMILES string of the molecule is CC1CCCCCN1S(=O)(=O)c1ccsc1CN. The van der Waals surface area contributed by atoms with Gasteiger partial charge in [-0.1, -0.05) is 12.8 Å². The van der Waals surface area contributed by atoms with Gasteiger partial charge in [-0.3, -0.25) is 0 Å². The van der Waals surface area contributed by atoms with E-state index in [2.05, 4.69) is 0 Å². The van der Waals surface area contributed by atoms with Crippen molar-refractivity contribution < 1.29 is 8.42 Å². The van der Waals surface area contributed by atoms with Crippen LogP contribution in [0.2, 0.25) is 0 Å². The maximum Gasteiger partial charge on any atom is 0.244 e. The average molecular weight is 288 g/mol. The van der Waals surface area contributed by atoms with Crippen LogP contribution in [0.15, 0.2) is 16.3 Å². The summed E-state index contributed by atoms with van der Waals surface area (Å²) >= 11 is 1.42. The summed E-state index contributed by atoms with van der Waals surface area (Å²) in [7, 11) is -3.37. The minimum atomic E-state index is -3.37. The molecule has 0 saturated carbocycles. The highest BCUT2D eigenvalue weighted by molar-refractivity contribution is 7.89. The summed E-state index contributed by atoms with van der Waals surface area (Å²) < 4.78 is 27.0. The molecular formula is C12H20N2O2S2. The van der Waals surface area contributed by atoms with Gasteiger partial charge in [0.15, 0.2) is 0 Å². The second kappa shape index (κ2) is 5.69. The molecule has 1 fully saturated rings. The molecule has 1 unspecified atom stereocenters. The van der Waals surface area contributed by atoms with Crippen molar-refractivity contribution >= 4 is 21.4 Å². The molecule has 0 amide bonds. The molecule has 1 aliphatic heterocycles. The Hall–Kier alpha value is -0.430. The first-order valence-electron chi connectivity index (χ1n) is 6.35. The zero-order valence-electron chi connectivity index (χ0n) is 10.6. The molecule has 0 bridgehead atoms. The Morgan fingerprint density at radius 2 is 2.22 bits per heavy atom. The lowest BCUT2D eigenvalue weighted by Crippen LogP contribution is -2.38. The Morgan fingerprint density at radius 3 is 2.94 bits per heavy atom. The van der Waals surface area contributed by atoms with E-state index >= 15 is 0 Å². The van der Waals surface area contributed by atoms with E-state index in [0.29, 0.717) is 11.4 Å². The molecule has 2 heterocycles. The highest BCUT2D eigenvalue weighted by Gasteiger charge is 2.31. The number of rotatable bonds is 3. The molecule has 0 aliphatic carbocycles. The van der Waals surface area contributed by atoms with E-state index in [1.165, 1.54) is 11.3 Å². The van der Waals surface area contributed by atoms with Gasteiger partial charge in [0.25, 0.3) is 0 Å². The maximum absolute atomic E-state index is 12.7. The predicted molar refractivity (Wildman–Crippen MR) is 74.0 cm³/mol. The van der Waals surface area contributed by atoms with E-state index in [-0.39, 0.29) is 12.6 Å². The number of hydrogen-bond donors (Lipinski definition) is 1. The fourth-order valence-corrected chi connectivity index (χ4v) is 5.45. The fourth-order valence-electron chi connectivity index (χ4n) is 2.44. The van der Waals surface area contributed by atoms with Crippen molar-refractivity contribution in [2.75, 3.05) is 6.54 Å². The van der Waals surface area contributed by atoms with Crippen LogP contribution in [0.4, 0.5) is 0 Å². The molecule has 1 saturated heterocycles. The molecule has 102 valence electrons. The maximum atomic E-state index is 12.7. The highest BCUT2D eigenvalue weighted by atomic mass is 32.2. The second-order valence-corrected chi connectivity index (χ2v) is 7.59. The Balaban J connectivity index is 2.35. The first-order valence-corrected chi connectivity index (χ1v) is 8.67. The topological polar surface area (TPSA) is 63.4 Å². The molecule has 18 heavy (non-hydrogen) atoms. The van der Waals surface area contributed by atoms with E-state index in [4.69, 9.17) is 5.73 Å². The normalized spacial score (nSPS) is 22.9. The second-order valence-electron chi connectivity index (χ2n) is 4.73. The van der Waals surface area contributed by atoms with Crippen molar-refractivity contribution in [2.45, 2.75) is 50.1 Å². The highest BCUT2D eigenvalue weighted by Crippen LogP contribution is 2.29. The largest absolute Gasteiger partial charge is 0.326 e. The minimum absolute atomic E-state index is 0.0861. The summed E-state index contributed by atoms with van der Waals surface area (Å²) in [5.74, 6) is 0. The number of nitrogens with zero attached hydrogens (tertiary/aromatic N) is 1. The van der Waals surface area contributed by atoms with Crippen molar-refractivity contribution in [3.05, 3.63) is 16.3 Å². The van der Waals surface area contributed by atoms with Crippen LogP contribution in [-0.2, 0) is 16.6 Å². The van der Waals surface area contributed by atoms with Crippen molar-refractivity contribution in [3.8, 4) is 0 Å². The van der Waals surface area contributed by atoms with E-state index < -0.39 is 10.0 Å². The molecule has 0 aromatic carbocycles. The molecule has 0 spiro atoms. The van der Waals surface area contributed by atoms with Crippen LogP contribution in [-0.4, -0.2) is 25.3 Å². The Kier molecular flexibility index (Phi) is 4.42. The van der Waals surface area contributed by atoms with Gasteiger partial charge in [-0.2, -0.15) is 4.31 Å². The van der Waals surface area contributed by atoms with Gasteiger partial charge in [0, 0.05) is 24.0 Å². The van der Waals surface area contributed by atoms with E-state index in [0.717, 1.165) is 30.6 Å². The van der Waals surface area contributed by atoms with Crippen molar-refractivity contribution in [1.29, 1.82) is 0 Å². The third-order valence-electron chi connectivity index (χ3n) is 3.47. The molecule has 1 aromatic rings. The van der Waals surface area contributed by atoms with Crippen LogP contribution >= 0.6 is 11.3 Å². The molecule has 1 atom stereocenters. The van der Waals surface area contributed by atoms with Gasteiger partial charge in [0.05, 0.1) is 4.90 Å². The van der Waals surface area contributed by atoms with Crippen LogP contribution < -0.4 is 5.73 Å². The monoisotopic (exact) mass is 288 g/mol. The zero-order chi connectivity index (χ0) is 13.2. The predicted octanol–water partition coefficient (Wildman–Crippen LogP) is 2.16. The average Bonchev–Trinajstić information content (AvgIpc) is 2.72. The van der Waals surface area contributed by atoms with Crippen molar-refractivity contribution in [1.82, 2.24) is 4.31 Å². The van der Waals surface area contributed by atoms with E-state index in [9.17, 15) is 8.42 Å². The zero-order valence-corrected chi connectivity index (χ0v) is 12.3. The van der Waals surface area contributed by atoms with Crippen LogP contribution in [0.1, 0.15) is 37.5 Å². The summed E-state index contributed by atoms with van der Waals surface area (Å²) in [5.41, 5.74) is 5.61. The molecular weight excluding hydrogens is 268 g/mol. The Labute approximate surface area is 113 Å². The lowest BCUT2D eigenvalue weighted by molar-refractivity contribution is 0.342. The number of nitrogens with two attached hydrogens (primary N) is 1. The van der Waals surface area contributed by atoms with Gasteiger partial charge in [0.2, 0.25) is 10.0 Å². The lowest BCUT2D eigenvalue weighted by Gasteiger charge is -2.26. The van der Waals surface area contributed by atoms with Gasteiger partial charge in [-0.05, 0) is 31.2 Å². The van der Waals surface area contributed by atoms with Gasteiger partial charge >= 0.3 is 0 Å². The molecule has 1 aliphatic rings. The molecule has 2 N–H and O–H groups in total. The number of hydrogen-bond acceptors (Lipinski definition) is 4. The standard InChI is InChI=1S/C12H20N2O2S2/c1-10-5-3-2-4-7-14(10)18(15,16)12-6-8-17-11(12)9-13/h6,8,10H,2-5,7,9,13H2,1H3. The van der Waals surface area contributed by atoms with Crippen LogP contribution in [0, 0.1) is 0 Å². The number of sulfonamides is 1. The van der Waals surface area contributed by atoms with Crippen molar-refractivity contribution in [2.24, 2.45) is 5.73 Å². The summed E-state index contributed by atoms with van der Waals surface area (Å²) in [6, 6.07) is 1.77. The minimum Gasteiger partial charge on any atom is -0.326 e. The van der Waals surface area contributed by atoms with Crippen molar-refractivity contribution in [3.63, 3.8) is 0 Å². The van der Waals surface area contributed by atoms with Gasteiger partial charge in [-0.15, -0.1) is 11.3 Å². The lowest BCUT2D eigenvalue weighted by atomic mass is 10.1. The fraction of sp³-hybridized carbons (Fsp3) is 0.667. The summed E-state index contributed by atoms with van der Waals surface area (Å²) in [6.45, 7) is 2.91. The Morgan fingerprint density at radius 1 is 1.44 bits per heavy atom. The molecule has 2 rings (SSSR count). The van der Waals surface area contributed by atoms with E-state index in [1.54, 1.807) is 15.8 Å². The quantitative estimate of drug-likeness (QED) is 0.927. The third-order valence-corrected chi connectivity index (χ3v) is 6.64. The molecule has 0 radical (unpaired) electrons. The van der Waals surface area contributed by atoms with Crippen LogP contribution in [0.25, 0.3) is 0 Å². The van der Waals surface area contributed by atoms with Gasteiger partial charge < -0.3 is 5.73 Å². The summed E-state index contributed by atoms with van der Waals surface area (Å²) in [5, 5.41) is 1.80. The van der Waals surface area contributed by atoms with E-state index in [1.807, 2.05) is 6.92 Å². The smallest absolute Gasteiger partial charge is 0.244 e. The molecule has 1 aromatic heterocycles. The van der Waals surface area contributed by atoms with Crippen LogP contribution in [0.5, 0.6) is 0 Å².